The Hall–Kier alpha value is -1.68. The number of nitrogens with two attached hydrogens (primary N) is 1. The third kappa shape index (κ3) is 1.85. The van der Waals surface area contributed by atoms with E-state index in [2.05, 4.69) is 15.3 Å². The third-order valence-electron chi connectivity index (χ3n) is 3.48. The lowest BCUT2D eigenvalue weighted by Crippen LogP contribution is -2.27. The monoisotopic (exact) mass is 228 g/mol. The fourth-order valence-corrected chi connectivity index (χ4v) is 2.55. The van der Waals surface area contributed by atoms with E-state index in [4.69, 9.17) is 5.73 Å². The highest BCUT2D eigenvalue weighted by atomic mass is 14.9. The first-order valence-corrected chi connectivity index (χ1v) is 6.05. The van der Waals surface area contributed by atoms with E-state index in [9.17, 15) is 0 Å². The number of aromatic nitrogens is 2. The van der Waals surface area contributed by atoms with Crippen molar-refractivity contribution in [2.45, 2.75) is 18.8 Å². The van der Waals surface area contributed by atoms with Crippen molar-refractivity contribution in [1.82, 2.24) is 15.3 Å². The highest BCUT2D eigenvalue weighted by Gasteiger charge is 2.19. The minimum absolute atomic E-state index is 0.543. The molecule has 3 heterocycles. The molecule has 2 aromatic rings. The number of nitrogens with one attached hydrogen (secondary N) is 1. The van der Waals surface area contributed by atoms with E-state index >= 15 is 0 Å². The number of piperidine rings is 1. The summed E-state index contributed by atoms with van der Waals surface area (Å²) in [4.78, 5) is 8.69. The lowest BCUT2D eigenvalue weighted by molar-refractivity contribution is 0.455. The molecule has 88 valence electrons. The van der Waals surface area contributed by atoms with Crippen LogP contribution in [0.3, 0.4) is 0 Å². The van der Waals surface area contributed by atoms with Crippen LogP contribution in [0.15, 0.2) is 24.7 Å². The van der Waals surface area contributed by atoms with Gasteiger partial charge in [0, 0.05) is 29.1 Å². The van der Waals surface area contributed by atoms with Gasteiger partial charge in [0.15, 0.2) is 0 Å². The molecule has 3 N–H and O–H groups in total. The molecule has 3 rings (SSSR count). The first-order chi connectivity index (χ1) is 8.36. The lowest BCUT2D eigenvalue weighted by atomic mass is 9.91. The molecule has 0 saturated carbocycles. The standard InChI is InChI=1S/C13H16N4/c14-12-8-17-13(9-1-4-15-5-2-9)10-3-6-16-7-11(10)12/h3,6-9,15H,1-2,4-5,14H2. The van der Waals surface area contributed by atoms with Crippen molar-refractivity contribution in [2.24, 2.45) is 0 Å². The van der Waals surface area contributed by atoms with Gasteiger partial charge in [-0.05, 0) is 32.0 Å². The van der Waals surface area contributed by atoms with Gasteiger partial charge in [0.2, 0.25) is 0 Å². The van der Waals surface area contributed by atoms with Crippen molar-refractivity contribution in [3.63, 3.8) is 0 Å². The van der Waals surface area contributed by atoms with E-state index in [0.717, 1.165) is 36.7 Å². The summed E-state index contributed by atoms with van der Waals surface area (Å²) in [6.07, 6.45) is 7.70. The number of rotatable bonds is 1. The SMILES string of the molecule is Nc1cnc(C2CCNCC2)c2ccncc12. The van der Waals surface area contributed by atoms with E-state index in [-0.39, 0.29) is 0 Å². The Bertz CT molecular complexity index is 532. The van der Waals surface area contributed by atoms with Crippen LogP contribution in [0.2, 0.25) is 0 Å². The Kier molecular flexibility index (Phi) is 2.65. The van der Waals surface area contributed by atoms with Crippen LogP contribution >= 0.6 is 0 Å². The van der Waals surface area contributed by atoms with Crippen LogP contribution in [0.25, 0.3) is 10.8 Å². The fraction of sp³-hybridized carbons (Fsp3) is 0.385. The molecular weight excluding hydrogens is 212 g/mol. The zero-order chi connectivity index (χ0) is 11.7. The van der Waals surface area contributed by atoms with Gasteiger partial charge in [-0.25, -0.2) is 0 Å². The Balaban J connectivity index is 2.12. The molecule has 0 bridgehead atoms. The van der Waals surface area contributed by atoms with Crippen molar-refractivity contribution < 1.29 is 0 Å². The Morgan fingerprint density at radius 3 is 2.82 bits per heavy atom. The predicted octanol–water partition coefficient (Wildman–Crippen LogP) is 1.68. The van der Waals surface area contributed by atoms with Gasteiger partial charge in [-0.2, -0.15) is 0 Å². The third-order valence-corrected chi connectivity index (χ3v) is 3.48. The summed E-state index contributed by atoms with van der Waals surface area (Å²) in [7, 11) is 0. The molecule has 0 aliphatic carbocycles. The Morgan fingerprint density at radius 2 is 2.00 bits per heavy atom. The highest BCUT2D eigenvalue weighted by Crippen LogP contribution is 2.31. The average molecular weight is 228 g/mol. The van der Waals surface area contributed by atoms with Crippen molar-refractivity contribution in [1.29, 1.82) is 0 Å². The maximum Gasteiger partial charge on any atom is 0.0596 e. The molecule has 0 aromatic carbocycles. The zero-order valence-electron chi connectivity index (χ0n) is 9.69. The second kappa shape index (κ2) is 4.30. The summed E-state index contributed by atoms with van der Waals surface area (Å²) in [6, 6.07) is 2.02. The van der Waals surface area contributed by atoms with Crippen LogP contribution in [0.4, 0.5) is 5.69 Å². The Labute approximate surface area is 100 Å². The van der Waals surface area contributed by atoms with Crippen LogP contribution in [-0.4, -0.2) is 23.1 Å². The number of fused-ring (bicyclic) bond motifs is 1. The first-order valence-electron chi connectivity index (χ1n) is 6.05. The average Bonchev–Trinajstić information content (AvgIpc) is 2.41. The number of nitrogen functional groups attached to an aromatic ring is 1. The quantitative estimate of drug-likeness (QED) is 0.779. The summed E-state index contributed by atoms with van der Waals surface area (Å²) in [5.74, 6) is 0.543. The minimum Gasteiger partial charge on any atom is -0.397 e. The smallest absolute Gasteiger partial charge is 0.0596 e. The molecule has 1 aliphatic rings. The number of hydrogen-bond acceptors (Lipinski definition) is 4. The van der Waals surface area contributed by atoms with Gasteiger partial charge in [0.05, 0.1) is 17.6 Å². The number of hydrogen-bond donors (Lipinski definition) is 2. The molecule has 1 aliphatic heterocycles. The summed E-state index contributed by atoms with van der Waals surface area (Å²) < 4.78 is 0. The van der Waals surface area contributed by atoms with Crippen LogP contribution in [-0.2, 0) is 0 Å². The molecule has 0 spiro atoms. The molecule has 0 radical (unpaired) electrons. The van der Waals surface area contributed by atoms with E-state index in [1.54, 1.807) is 6.20 Å². The lowest BCUT2D eigenvalue weighted by Gasteiger charge is -2.23. The molecule has 2 aromatic heterocycles. The van der Waals surface area contributed by atoms with E-state index in [0.29, 0.717) is 11.6 Å². The molecule has 4 nitrogen and oxygen atoms in total. The van der Waals surface area contributed by atoms with Crippen molar-refractivity contribution in [3.05, 3.63) is 30.4 Å². The maximum absolute atomic E-state index is 5.94. The van der Waals surface area contributed by atoms with Gasteiger partial charge < -0.3 is 11.1 Å². The van der Waals surface area contributed by atoms with E-state index in [1.165, 1.54) is 5.69 Å². The van der Waals surface area contributed by atoms with Gasteiger partial charge in [0.25, 0.3) is 0 Å². The minimum atomic E-state index is 0.543. The zero-order valence-corrected chi connectivity index (χ0v) is 9.69. The second-order valence-electron chi connectivity index (χ2n) is 4.54. The number of anilines is 1. The van der Waals surface area contributed by atoms with Crippen LogP contribution in [0, 0.1) is 0 Å². The molecule has 1 saturated heterocycles. The molecule has 4 heteroatoms. The summed E-state index contributed by atoms with van der Waals surface area (Å²) in [6.45, 7) is 2.15. The van der Waals surface area contributed by atoms with Gasteiger partial charge in [-0.1, -0.05) is 0 Å². The van der Waals surface area contributed by atoms with E-state index in [1.807, 2.05) is 18.5 Å². The fourth-order valence-electron chi connectivity index (χ4n) is 2.55. The molecule has 0 atom stereocenters. The molecule has 0 unspecified atom stereocenters. The first kappa shape index (κ1) is 10.5. The van der Waals surface area contributed by atoms with Crippen LogP contribution in [0.1, 0.15) is 24.5 Å². The largest absolute Gasteiger partial charge is 0.397 e. The summed E-state index contributed by atoms with van der Waals surface area (Å²) in [5, 5.41) is 5.56. The Morgan fingerprint density at radius 1 is 1.18 bits per heavy atom. The molecule has 0 amide bonds. The highest BCUT2D eigenvalue weighted by molar-refractivity contribution is 5.93. The van der Waals surface area contributed by atoms with Crippen LogP contribution in [0.5, 0.6) is 0 Å². The number of pyridine rings is 2. The van der Waals surface area contributed by atoms with Crippen LogP contribution < -0.4 is 11.1 Å². The number of nitrogens with zero attached hydrogens (tertiary/aromatic N) is 2. The van der Waals surface area contributed by atoms with Gasteiger partial charge >= 0.3 is 0 Å². The topological polar surface area (TPSA) is 63.8 Å². The predicted molar refractivity (Wildman–Crippen MR) is 68.8 cm³/mol. The van der Waals surface area contributed by atoms with E-state index < -0.39 is 0 Å². The van der Waals surface area contributed by atoms with Gasteiger partial charge in [0.1, 0.15) is 0 Å². The summed E-state index contributed by atoms with van der Waals surface area (Å²) in [5.41, 5.74) is 7.83. The van der Waals surface area contributed by atoms with Crippen molar-refractivity contribution in [3.8, 4) is 0 Å². The van der Waals surface area contributed by atoms with Gasteiger partial charge in [-0.15, -0.1) is 0 Å². The normalized spacial score (nSPS) is 17.4. The second-order valence-corrected chi connectivity index (χ2v) is 4.54. The molecule has 17 heavy (non-hydrogen) atoms. The summed E-state index contributed by atoms with van der Waals surface area (Å²) >= 11 is 0. The van der Waals surface area contributed by atoms with Crippen molar-refractivity contribution in [2.75, 3.05) is 18.8 Å². The molecular formula is C13H16N4. The maximum atomic E-state index is 5.94. The van der Waals surface area contributed by atoms with Gasteiger partial charge in [-0.3, -0.25) is 9.97 Å². The van der Waals surface area contributed by atoms with Crippen molar-refractivity contribution >= 4 is 16.5 Å². The molecule has 1 fully saturated rings.